The van der Waals surface area contributed by atoms with Crippen LogP contribution in [0.5, 0.6) is 0 Å². The minimum absolute atomic E-state index is 0.521. The van der Waals surface area contributed by atoms with Gasteiger partial charge in [0.2, 0.25) is 0 Å². The molecule has 1 aliphatic rings. The number of nitrogens with zero attached hydrogens (tertiary/aromatic N) is 1. The monoisotopic (exact) mass is 247 g/mol. The van der Waals surface area contributed by atoms with Gasteiger partial charge in [0.15, 0.2) is 0 Å². The van der Waals surface area contributed by atoms with Gasteiger partial charge >= 0.3 is 0 Å². The minimum Gasteiger partial charge on any atom is -0.243 e. The molecule has 2 heteroatoms. The Bertz CT molecular complexity index is 440. The molecule has 0 aromatic heterocycles. The lowest BCUT2D eigenvalue weighted by Gasteiger charge is -2.01. The predicted octanol–water partition coefficient (Wildman–Crippen LogP) is 4.46. The number of rotatable bonds is 4. The zero-order chi connectivity index (χ0) is 12.8. The van der Waals surface area contributed by atoms with Gasteiger partial charge in [-0.15, -0.1) is 6.42 Å². The highest BCUT2D eigenvalue weighted by Gasteiger charge is 2.25. The van der Waals surface area contributed by atoms with Crippen LogP contribution in [0.25, 0.3) is 0 Å². The fraction of sp³-hybridized carbons (Fsp3) is 0.400. The normalized spacial score (nSPS) is 19.2. The predicted molar refractivity (Wildman–Crippen MR) is 76.1 cm³/mol. The van der Waals surface area contributed by atoms with Gasteiger partial charge in [-0.1, -0.05) is 29.3 Å². The van der Waals surface area contributed by atoms with E-state index in [0.717, 1.165) is 11.3 Å². The maximum atomic E-state index is 6.17. The van der Waals surface area contributed by atoms with E-state index >= 15 is 0 Å². The summed E-state index contributed by atoms with van der Waals surface area (Å²) >= 11 is 6.17. The maximum Gasteiger partial charge on any atom is 0.131 e. The van der Waals surface area contributed by atoms with Crippen LogP contribution in [-0.4, -0.2) is 5.71 Å². The van der Waals surface area contributed by atoms with Crippen LogP contribution in [0.2, 0.25) is 0 Å². The quantitative estimate of drug-likeness (QED) is 0.395. The SMILES string of the molecule is C#CC(=N\C(=C/C)C1CC1)/C(Cl)=C\C(C)=C/C. The van der Waals surface area contributed by atoms with E-state index in [0.29, 0.717) is 16.7 Å². The van der Waals surface area contributed by atoms with Crippen molar-refractivity contribution in [3.05, 3.63) is 34.5 Å². The molecule has 0 spiro atoms. The van der Waals surface area contributed by atoms with Crippen LogP contribution in [0.15, 0.2) is 39.5 Å². The molecular formula is C15H18ClN. The Morgan fingerprint density at radius 3 is 2.41 bits per heavy atom. The summed E-state index contributed by atoms with van der Waals surface area (Å²) in [6.45, 7) is 5.93. The Morgan fingerprint density at radius 1 is 1.35 bits per heavy atom. The van der Waals surface area contributed by atoms with E-state index < -0.39 is 0 Å². The van der Waals surface area contributed by atoms with E-state index in [-0.39, 0.29) is 0 Å². The number of aliphatic imine (C=N–C) groups is 1. The topological polar surface area (TPSA) is 12.4 Å². The summed E-state index contributed by atoms with van der Waals surface area (Å²) in [5.41, 5.74) is 2.65. The molecule has 0 unspecified atom stereocenters. The first kappa shape index (κ1) is 13.8. The van der Waals surface area contributed by atoms with Gasteiger partial charge in [0.05, 0.1) is 5.03 Å². The first-order chi connectivity index (χ1) is 8.12. The smallest absolute Gasteiger partial charge is 0.131 e. The summed E-state index contributed by atoms with van der Waals surface area (Å²) in [4.78, 5) is 4.48. The third-order valence-corrected chi connectivity index (χ3v) is 2.99. The highest BCUT2D eigenvalue weighted by atomic mass is 35.5. The molecule has 0 radical (unpaired) electrons. The Kier molecular flexibility index (Phi) is 5.25. The summed E-state index contributed by atoms with van der Waals surface area (Å²) in [6, 6.07) is 0. The van der Waals surface area contributed by atoms with Gasteiger partial charge in [-0.25, -0.2) is 4.99 Å². The molecule has 0 saturated heterocycles. The molecule has 1 nitrogen and oxygen atoms in total. The van der Waals surface area contributed by atoms with Gasteiger partial charge in [-0.2, -0.15) is 0 Å². The third kappa shape index (κ3) is 4.24. The van der Waals surface area contributed by atoms with Crippen molar-refractivity contribution in [3.8, 4) is 12.3 Å². The van der Waals surface area contributed by atoms with E-state index in [1.54, 1.807) is 0 Å². The Hall–Kier alpha value is -1.26. The van der Waals surface area contributed by atoms with Crippen LogP contribution >= 0.6 is 11.6 Å². The second kappa shape index (κ2) is 6.47. The van der Waals surface area contributed by atoms with E-state index in [1.165, 1.54) is 12.8 Å². The first-order valence-electron chi connectivity index (χ1n) is 5.84. The summed E-state index contributed by atoms with van der Waals surface area (Å²) in [5, 5.41) is 0.531. The molecule has 0 amide bonds. The fourth-order valence-corrected chi connectivity index (χ4v) is 1.67. The van der Waals surface area contributed by atoms with Crippen LogP contribution in [-0.2, 0) is 0 Å². The van der Waals surface area contributed by atoms with E-state index in [1.807, 2.05) is 39.0 Å². The molecule has 0 bridgehead atoms. The lowest BCUT2D eigenvalue weighted by Crippen LogP contribution is -1.97. The van der Waals surface area contributed by atoms with Crippen LogP contribution in [0, 0.1) is 18.3 Å². The molecule has 0 aromatic carbocycles. The van der Waals surface area contributed by atoms with Crippen molar-refractivity contribution in [2.45, 2.75) is 33.6 Å². The molecule has 0 aromatic rings. The number of hydrogen-bond donors (Lipinski definition) is 0. The summed E-state index contributed by atoms with van der Waals surface area (Å²) < 4.78 is 0. The average Bonchev–Trinajstić information content (AvgIpc) is 3.14. The molecule has 1 rings (SSSR count). The highest BCUT2D eigenvalue weighted by molar-refractivity contribution is 6.46. The lowest BCUT2D eigenvalue weighted by molar-refractivity contribution is 0.976. The van der Waals surface area contributed by atoms with Crippen LogP contribution in [0.3, 0.4) is 0 Å². The molecule has 1 fully saturated rings. The molecule has 0 atom stereocenters. The van der Waals surface area contributed by atoms with E-state index in [4.69, 9.17) is 18.0 Å². The van der Waals surface area contributed by atoms with Crippen molar-refractivity contribution < 1.29 is 0 Å². The van der Waals surface area contributed by atoms with Gasteiger partial charge in [-0.05, 0) is 45.6 Å². The largest absolute Gasteiger partial charge is 0.243 e. The number of hydrogen-bond acceptors (Lipinski definition) is 1. The van der Waals surface area contributed by atoms with Crippen molar-refractivity contribution in [3.63, 3.8) is 0 Å². The summed E-state index contributed by atoms with van der Waals surface area (Å²) in [7, 11) is 0. The third-order valence-electron chi connectivity index (χ3n) is 2.70. The molecule has 0 N–H and O–H groups in total. The second-order valence-electron chi connectivity index (χ2n) is 4.12. The zero-order valence-corrected chi connectivity index (χ0v) is 11.4. The van der Waals surface area contributed by atoms with Crippen molar-refractivity contribution >= 4 is 17.3 Å². The van der Waals surface area contributed by atoms with Gasteiger partial charge in [0.25, 0.3) is 0 Å². The average molecular weight is 248 g/mol. The van der Waals surface area contributed by atoms with Gasteiger partial charge in [0, 0.05) is 11.6 Å². The Labute approximate surface area is 109 Å². The Morgan fingerprint density at radius 2 is 2.00 bits per heavy atom. The molecule has 1 aliphatic carbocycles. The van der Waals surface area contributed by atoms with Crippen molar-refractivity contribution in [2.24, 2.45) is 10.9 Å². The van der Waals surface area contributed by atoms with Crippen LogP contribution < -0.4 is 0 Å². The molecule has 0 heterocycles. The standard InChI is InChI=1S/C15H18ClN/c1-5-11(4)10-13(16)15(7-3)17-14(6-2)12-8-9-12/h3,5-6,10,12H,8-9H2,1-2,4H3/b11-5-,13-10+,14-6-,17-15+. The highest BCUT2D eigenvalue weighted by Crippen LogP contribution is 2.37. The summed E-state index contributed by atoms with van der Waals surface area (Å²) in [5.74, 6) is 3.14. The molecule has 1 saturated carbocycles. The molecule has 0 aliphatic heterocycles. The number of terminal acetylenes is 1. The Balaban J connectivity index is 2.95. The van der Waals surface area contributed by atoms with Crippen molar-refractivity contribution in [2.75, 3.05) is 0 Å². The minimum atomic E-state index is 0.521. The number of allylic oxidation sites excluding steroid dienone is 6. The van der Waals surface area contributed by atoms with Gasteiger partial charge < -0.3 is 0 Å². The van der Waals surface area contributed by atoms with Crippen molar-refractivity contribution in [1.29, 1.82) is 0 Å². The first-order valence-corrected chi connectivity index (χ1v) is 6.22. The van der Waals surface area contributed by atoms with E-state index in [2.05, 4.69) is 10.9 Å². The summed E-state index contributed by atoms with van der Waals surface area (Å²) in [6.07, 6.45) is 13.7. The van der Waals surface area contributed by atoms with Gasteiger partial charge in [-0.3, -0.25) is 0 Å². The molecule has 17 heavy (non-hydrogen) atoms. The van der Waals surface area contributed by atoms with Crippen molar-refractivity contribution in [1.82, 2.24) is 0 Å². The molecule has 90 valence electrons. The van der Waals surface area contributed by atoms with Gasteiger partial charge in [0.1, 0.15) is 5.71 Å². The van der Waals surface area contributed by atoms with Crippen LogP contribution in [0.1, 0.15) is 33.6 Å². The number of halogens is 1. The second-order valence-corrected chi connectivity index (χ2v) is 4.52. The zero-order valence-electron chi connectivity index (χ0n) is 10.6. The lowest BCUT2D eigenvalue weighted by atomic mass is 10.2. The fourth-order valence-electron chi connectivity index (χ4n) is 1.41. The maximum absolute atomic E-state index is 6.17. The van der Waals surface area contributed by atoms with E-state index in [9.17, 15) is 0 Å². The molecular weight excluding hydrogens is 230 g/mol. The van der Waals surface area contributed by atoms with Crippen LogP contribution in [0.4, 0.5) is 0 Å².